The summed E-state index contributed by atoms with van der Waals surface area (Å²) in [6, 6.07) is 16.4. The molecule has 0 fully saturated rings. The Bertz CT molecular complexity index is 920. The molecule has 1 N–H and O–H groups in total. The Morgan fingerprint density at radius 1 is 1.14 bits per heavy atom. The zero-order valence-corrected chi connectivity index (χ0v) is 11.4. The van der Waals surface area contributed by atoms with Crippen molar-refractivity contribution in [2.45, 2.75) is 0 Å². The number of benzene rings is 2. The Labute approximate surface area is 121 Å². The minimum atomic E-state index is -0.260. The number of pyridine rings is 1. The number of H-pyrrole nitrogens is 1. The molecule has 0 saturated heterocycles. The van der Waals surface area contributed by atoms with Crippen molar-refractivity contribution in [1.82, 2.24) is 4.98 Å². The molecule has 0 spiro atoms. The van der Waals surface area contributed by atoms with Crippen molar-refractivity contribution in [2.75, 3.05) is 7.11 Å². The van der Waals surface area contributed by atoms with Crippen LogP contribution in [0.2, 0.25) is 0 Å². The maximum Gasteiger partial charge on any atom is 0.207 e. The number of nitrogens with one attached hydrogen (secondary N) is 1. The van der Waals surface area contributed by atoms with E-state index in [0.717, 1.165) is 5.56 Å². The van der Waals surface area contributed by atoms with E-state index in [1.165, 1.54) is 0 Å². The van der Waals surface area contributed by atoms with Gasteiger partial charge in [-0.3, -0.25) is 4.79 Å². The highest BCUT2D eigenvalue weighted by Gasteiger charge is 2.13. The molecular formula is C17H12N2O2. The number of ether oxygens (including phenoxy) is 1. The molecule has 21 heavy (non-hydrogen) atoms. The van der Waals surface area contributed by atoms with Crippen LogP contribution in [0.1, 0.15) is 5.56 Å². The maximum atomic E-state index is 12.4. The predicted molar refractivity (Wildman–Crippen MR) is 81.3 cm³/mol. The fraction of sp³-hybridized carbons (Fsp3) is 0.0588. The maximum absolute atomic E-state index is 12.4. The second kappa shape index (κ2) is 5.14. The predicted octanol–water partition coefficient (Wildman–Crippen LogP) is 3.08. The minimum Gasteiger partial charge on any atom is -0.497 e. The molecule has 1 heterocycles. The van der Waals surface area contributed by atoms with Gasteiger partial charge < -0.3 is 9.72 Å². The summed E-state index contributed by atoms with van der Waals surface area (Å²) in [5, 5.41) is 9.86. The highest BCUT2D eigenvalue weighted by atomic mass is 16.5. The van der Waals surface area contributed by atoms with E-state index in [1.54, 1.807) is 25.3 Å². The number of hydrogen-bond acceptors (Lipinski definition) is 3. The molecule has 3 rings (SSSR count). The average Bonchev–Trinajstić information content (AvgIpc) is 2.55. The first-order valence-corrected chi connectivity index (χ1v) is 6.44. The lowest BCUT2D eigenvalue weighted by Gasteiger charge is -2.08. The van der Waals surface area contributed by atoms with E-state index >= 15 is 0 Å². The van der Waals surface area contributed by atoms with Crippen molar-refractivity contribution >= 4 is 10.9 Å². The lowest BCUT2D eigenvalue weighted by atomic mass is 10.0. The van der Waals surface area contributed by atoms with Crippen LogP contribution in [0.5, 0.6) is 5.75 Å². The molecule has 102 valence electrons. The average molecular weight is 276 g/mol. The number of fused-ring (bicyclic) bond motifs is 1. The largest absolute Gasteiger partial charge is 0.497 e. The van der Waals surface area contributed by atoms with Crippen molar-refractivity contribution in [1.29, 1.82) is 5.26 Å². The van der Waals surface area contributed by atoms with Gasteiger partial charge in [0.05, 0.1) is 12.8 Å². The van der Waals surface area contributed by atoms with Gasteiger partial charge in [0.25, 0.3) is 0 Å². The third kappa shape index (κ3) is 2.15. The quantitative estimate of drug-likeness (QED) is 0.782. The summed E-state index contributed by atoms with van der Waals surface area (Å²) in [5.74, 6) is 0.672. The molecule has 4 heteroatoms. The van der Waals surface area contributed by atoms with Crippen LogP contribution in [0.4, 0.5) is 0 Å². The molecule has 0 bridgehead atoms. The molecule has 3 aromatic rings. The zero-order valence-electron chi connectivity index (χ0n) is 11.4. The SMILES string of the molecule is COc1cccc(-c2[nH]c3ccccc3c(=O)c2C#N)c1. The molecule has 0 radical (unpaired) electrons. The smallest absolute Gasteiger partial charge is 0.207 e. The molecule has 0 aliphatic rings. The Morgan fingerprint density at radius 2 is 1.95 bits per heavy atom. The number of rotatable bonds is 2. The third-order valence-electron chi connectivity index (χ3n) is 3.38. The Morgan fingerprint density at radius 3 is 2.71 bits per heavy atom. The van der Waals surface area contributed by atoms with Gasteiger partial charge in [0.15, 0.2) is 0 Å². The lowest BCUT2D eigenvalue weighted by Crippen LogP contribution is -2.10. The molecule has 1 aromatic heterocycles. The van der Waals surface area contributed by atoms with Gasteiger partial charge >= 0.3 is 0 Å². The summed E-state index contributed by atoms with van der Waals surface area (Å²) >= 11 is 0. The Kier molecular flexibility index (Phi) is 3.17. The third-order valence-corrected chi connectivity index (χ3v) is 3.38. The summed E-state index contributed by atoms with van der Waals surface area (Å²) in [6.07, 6.45) is 0. The molecule has 0 amide bonds. The fourth-order valence-corrected chi connectivity index (χ4v) is 2.34. The zero-order chi connectivity index (χ0) is 14.8. The second-order valence-corrected chi connectivity index (χ2v) is 4.59. The first-order valence-electron chi connectivity index (χ1n) is 6.44. The van der Waals surface area contributed by atoms with Gasteiger partial charge in [0, 0.05) is 16.5 Å². The number of hydrogen-bond donors (Lipinski definition) is 1. The summed E-state index contributed by atoms with van der Waals surface area (Å²) in [7, 11) is 1.58. The molecule has 2 aromatic carbocycles. The monoisotopic (exact) mass is 276 g/mol. The van der Waals surface area contributed by atoms with Crippen LogP contribution in [-0.2, 0) is 0 Å². The lowest BCUT2D eigenvalue weighted by molar-refractivity contribution is 0.415. The summed E-state index contributed by atoms with van der Waals surface area (Å²) in [4.78, 5) is 15.6. The summed E-state index contributed by atoms with van der Waals surface area (Å²) in [6.45, 7) is 0. The van der Waals surface area contributed by atoms with Crippen LogP contribution in [0.25, 0.3) is 22.2 Å². The normalized spacial score (nSPS) is 10.3. The van der Waals surface area contributed by atoms with Crippen LogP contribution in [-0.4, -0.2) is 12.1 Å². The molecule has 0 aliphatic heterocycles. The second-order valence-electron chi connectivity index (χ2n) is 4.59. The van der Waals surface area contributed by atoms with Crippen LogP contribution in [0, 0.1) is 11.3 Å². The number of para-hydroxylation sites is 1. The van der Waals surface area contributed by atoms with Gasteiger partial charge in [0.2, 0.25) is 5.43 Å². The van der Waals surface area contributed by atoms with Gasteiger partial charge in [-0.2, -0.15) is 5.26 Å². The highest BCUT2D eigenvalue weighted by molar-refractivity contribution is 5.84. The van der Waals surface area contributed by atoms with Gasteiger partial charge in [-0.15, -0.1) is 0 Å². The summed E-state index contributed by atoms with van der Waals surface area (Å²) in [5.41, 5.74) is 1.82. The number of aromatic nitrogens is 1. The van der Waals surface area contributed by atoms with Crippen LogP contribution < -0.4 is 10.2 Å². The van der Waals surface area contributed by atoms with Crippen molar-refractivity contribution < 1.29 is 4.74 Å². The van der Waals surface area contributed by atoms with Crippen LogP contribution in [0.15, 0.2) is 53.3 Å². The van der Waals surface area contributed by atoms with Crippen molar-refractivity contribution in [3.63, 3.8) is 0 Å². The highest BCUT2D eigenvalue weighted by Crippen LogP contribution is 2.25. The molecule has 0 atom stereocenters. The van der Waals surface area contributed by atoms with E-state index in [1.807, 2.05) is 36.4 Å². The number of methoxy groups -OCH3 is 1. The van der Waals surface area contributed by atoms with Gasteiger partial charge in [-0.25, -0.2) is 0 Å². The molecule has 0 aliphatic carbocycles. The van der Waals surface area contributed by atoms with Crippen LogP contribution >= 0.6 is 0 Å². The van der Waals surface area contributed by atoms with E-state index in [4.69, 9.17) is 4.74 Å². The minimum absolute atomic E-state index is 0.113. The topological polar surface area (TPSA) is 65.9 Å². The van der Waals surface area contributed by atoms with E-state index < -0.39 is 0 Å². The Balaban J connectivity index is 2.36. The van der Waals surface area contributed by atoms with Crippen molar-refractivity contribution in [3.05, 3.63) is 64.3 Å². The number of nitrogens with zero attached hydrogens (tertiary/aromatic N) is 1. The fourth-order valence-electron chi connectivity index (χ4n) is 2.34. The van der Waals surface area contributed by atoms with Gasteiger partial charge in [-0.1, -0.05) is 24.3 Å². The van der Waals surface area contributed by atoms with E-state index in [2.05, 4.69) is 4.98 Å². The van der Waals surface area contributed by atoms with Crippen LogP contribution in [0.3, 0.4) is 0 Å². The standard InChI is InChI=1S/C17H12N2O2/c1-21-12-6-4-5-11(9-12)16-14(10-18)17(20)13-7-2-3-8-15(13)19-16/h2-9H,1H3,(H,19,20). The molecular weight excluding hydrogens is 264 g/mol. The molecule has 0 saturated carbocycles. The van der Waals surface area contributed by atoms with Crippen molar-refractivity contribution in [2.24, 2.45) is 0 Å². The van der Waals surface area contributed by atoms with E-state index in [-0.39, 0.29) is 11.0 Å². The first-order chi connectivity index (χ1) is 10.2. The summed E-state index contributed by atoms with van der Waals surface area (Å²) < 4.78 is 5.19. The van der Waals surface area contributed by atoms with Gasteiger partial charge in [0.1, 0.15) is 17.4 Å². The molecule has 4 nitrogen and oxygen atoms in total. The number of aromatic amines is 1. The molecule has 0 unspecified atom stereocenters. The van der Waals surface area contributed by atoms with E-state index in [0.29, 0.717) is 22.3 Å². The van der Waals surface area contributed by atoms with E-state index in [9.17, 15) is 10.1 Å². The van der Waals surface area contributed by atoms with Gasteiger partial charge in [-0.05, 0) is 24.3 Å². The number of nitriles is 1. The first kappa shape index (κ1) is 12.9. The Hall–Kier alpha value is -3.06. The van der Waals surface area contributed by atoms with Crippen molar-refractivity contribution in [3.8, 4) is 23.1 Å².